The molecule has 0 saturated heterocycles. The van der Waals surface area contributed by atoms with Gasteiger partial charge in [-0.25, -0.2) is 4.39 Å². The van der Waals surface area contributed by atoms with E-state index in [1.807, 2.05) is 0 Å². The molecular formula is C13H18FNO. The molecule has 0 radical (unpaired) electrons. The Morgan fingerprint density at radius 1 is 1.50 bits per heavy atom. The minimum absolute atomic E-state index is 0.00860. The second-order valence-corrected chi connectivity index (χ2v) is 4.13. The number of ketones is 1. The largest absolute Gasteiger partial charge is 0.315 e. The zero-order valence-electron chi connectivity index (χ0n) is 9.63. The minimum atomic E-state index is -0.983. The molecule has 0 bridgehead atoms. The number of carbonyl (C=O) groups excluding carboxylic acids is 1. The van der Waals surface area contributed by atoms with E-state index in [2.05, 4.69) is 6.58 Å². The lowest BCUT2D eigenvalue weighted by Gasteiger charge is -2.32. The molecule has 0 aliphatic heterocycles. The first-order chi connectivity index (χ1) is 7.50. The number of hydrogen-bond donors (Lipinski definition) is 1. The molecule has 1 rings (SSSR count). The van der Waals surface area contributed by atoms with Crippen LogP contribution in [0.1, 0.15) is 32.6 Å². The Hall–Kier alpha value is -1.22. The Labute approximate surface area is 95.7 Å². The van der Waals surface area contributed by atoms with Crippen LogP contribution in [0.4, 0.5) is 4.39 Å². The number of rotatable bonds is 3. The van der Waals surface area contributed by atoms with Crippen molar-refractivity contribution >= 4 is 5.78 Å². The Bertz CT molecular complexity index is 357. The van der Waals surface area contributed by atoms with E-state index in [0.717, 1.165) is 12.8 Å². The number of Topliss-reactive ketones (excluding diaryl/α,β-unsaturated/α-hetero) is 1. The van der Waals surface area contributed by atoms with Crippen molar-refractivity contribution in [2.75, 3.05) is 0 Å². The molecule has 1 saturated carbocycles. The van der Waals surface area contributed by atoms with Gasteiger partial charge < -0.3 is 5.73 Å². The smallest absolute Gasteiger partial charge is 0.157 e. The molecule has 3 heteroatoms. The Balaban J connectivity index is 2.79. The van der Waals surface area contributed by atoms with Gasteiger partial charge in [-0.05, 0) is 31.4 Å². The van der Waals surface area contributed by atoms with Crippen LogP contribution in [0, 0.1) is 0 Å². The monoisotopic (exact) mass is 223 g/mol. The Morgan fingerprint density at radius 3 is 2.75 bits per heavy atom. The molecule has 0 aromatic carbocycles. The molecular weight excluding hydrogens is 205 g/mol. The van der Waals surface area contributed by atoms with Gasteiger partial charge in [0.2, 0.25) is 0 Å². The van der Waals surface area contributed by atoms with Gasteiger partial charge in [0.25, 0.3) is 0 Å². The lowest BCUT2D eigenvalue weighted by atomic mass is 9.76. The minimum Gasteiger partial charge on any atom is -0.315 e. The third-order valence-electron chi connectivity index (χ3n) is 3.02. The maximum Gasteiger partial charge on any atom is 0.157 e. The second kappa shape index (κ2) is 5.21. The fourth-order valence-corrected chi connectivity index (χ4v) is 1.82. The van der Waals surface area contributed by atoms with Crippen molar-refractivity contribution in [1.29, 1.82) is 0 Å². The maximum atomic E-state index is 12.9. The van der Waals surface area contributed by atoms with Crippen molar-refractivity contribution in [1.82, 2.24) is 0 Å². The van der Waals surface area contributed by atoms with Crippen LogP contribution in [0.5, 0.6) is 0 Å². The molecule has 88 valence electrons. The van der Waals surface area contributed by atoms with Crippen molar-refractivity contribution in [2.24, 2.45) is 5.73 Å². The first kappa shape index (κ1) is 12.8. The van der Waals surface area contributed by atoms with Gasteiger partial charge in [-0.15, -0.1) is 0 Å². The van der Waals surface area contributed by atoms with Crippen molar-refractivity contribution in [2.45, 2.75) is 38.1 Å². The van der Waals surface area contributed by atoms with Crippen molar-refractivity contribution < 1.29 is 9.18 Å². The van der Waals surface area contributed by atoms with Crippen LogP contribution in [0.2, 0.25) is 0 Å². The van der Waals surface area contributed by atoms with Crippen LogP contribution in [-0.4, -0.2) is 11.3 Å². The predicted octanol–water partition coefficient (Wildman–Crippen LogP) is 2.81. The van der Waals surface area contributed by atoms with Gasteiger partial charge in [-0.3, -0.25) is 4.79 Å². The molecule has 0 amide bonds. The van der Waals surface area contributed by atoms with Crippen molar-refractivity contribution in [3.63, 3.8) is 0 Å². The molecule has 2 N–H and O–H groups in total. The van der Waals surface area contributed by atoms with Gasteiger partial charge in [0.15, 0.2) is 5.78 Å². The van der Waals surface area contributed by atoms with Crippen LogP contribution >= 0.6 is 0 Å². The van der Waals surface area contributed by atoms with Gasteiger partial charge in [-0.1, -0.05) is 25.2 Å². The summed E-state index contributed by atoms with van der Waals surface area (Å²) in [5.41, 5.74) is 5.54. The normalized spacial score (nSPS) is 27.4. The van der Waals surface area contributed by atoms with E-state index in [4.69, 9.17) is 5.73 Å². The van der Waals surface area contributed by atoms with E-state index < -0.39 is 5.54 Å². The first-order valence-electron chi connectivity index (χ1n) is 5.52. The van der Waals surface area contributed by atoms with Crippen LogP contribution < -0.4 is 5.73 Å². The molecule has 0 aromatic heterocycles. The lowest BCUT2D eigenvalue weighted by molar-refractivity contribution is -0.124. The van der Waals surface area contributed by atoms with Gasteiger partial charge in [0.1, 0.15) is 5.83 Å². The topological polar surface area (TPSA) is 43.1 Å². The number of hydrogen-bond acceptors (Lipinski definition) is 2. The van der Waals surface area contributed by atoms with Crippen LogP contribution in [0.3, 0.4) is 0 Å². The molecule has 1 aliphatic carbocycles. The average Bonchev–Trinajstić information content (AvgIpc) is 2.29. The van der Waals surface area contributed by atoms with Crippen LogP contribution in [0.15, 0.2) is 36.2 Å². The summed E-state index contributed by atoms with van der Waals surface area (Å²) in [4.78, 5) is 11.7. The Kier molecular flexibility index (Phi) is 4.19. The van der Waals surface area contributed by atoms with Gasteiger partial charge in [0.05, 0.1) is 5.54 Å². The van der Waals surface area contributed by atoms with Crippen molar-refractivity contribution in [3.05, 3.63) is 36.2 Å². The fraction of sp³-hybridized carbons (Fsp3) is 0.462. The number of nitrogens with two attached hydrogens (primary N) is 1. The second-order valence-electron chi connectivity index (χ2n) is 4.13. The Morgan fingerprint density at radius 2 is 2.19 bits per heavy atom. The number of halogens is 1. The summed E-state index contributed by atoms with van der Waals surface area (Å²) in [6.45, 7) is 5.38. The van der Waals surface area contributed by atoms with E-state index in [1.165, 1.54) is 18.2 Å². The fourth-order valence-electron chi connectivity index (χ4n) is 1.82. The third kappa shape index (κ3) is 2.67. The molecule has 16 heavy (non-hydrogen) atoms. The average molecular weight is 223 g/mol. The molecule has 0 spiro atoms. The highest BCUT2D eigenvalue weighted by molar-refractivity contribution is 5.92. The molecule has 0 heterocycles. The highest BCUT2D eigenvalue weighted by atomic mass is 19.1. The molecule has 2 nitrogen and oxygen atoms in total. The van der Waals surface area contributed by atoms with E-state index >= 15 is 0 Å². The van der Waals surface area contributed by atoms with E-state index in [0.29, 0.717) is 18.4 Å². The van der Waals surface area contributed by atoms with Gasteiger partial charge >= 0.3 is 0 Å². The quantitative estimate of drug-likeness (QED) is 0.747. The predicted molar refractivity (Wildman–Crippen MR) is 63.5 cm³/mol. The summed E-state index contributed by atoms with van der Waals surface area (Å²) >= 11 is 0. The SMILES string of the molecule is C=C(/C=C\C(F)=C/C)[C@@]1(N)CCCCC1=O. The summed E-state index contributed by atoms with van der Waals surface area (Å²) in [5, 5.41) is 0. The third-order valence-corrected chi connectivity index (χ3v) is 3.02. The van der Waals surface area contributed by atoms with E-state index in [-0.39, 0.29) is 11.6 Å². The van der Waals surface area contributed by atoms with E-state index in [9.17, 15) is 9.18 Å². The van der Waals surface area contributed by atoms with Crippen molar-refractivity contribution in [3.8, 4) is 0 Å². The number of carbonyl (C=O) groups is 1. The van der Waals surface area contributed by atoms with Crippen LogP contribution in [-0.2, 0) is 4.79 Å². The standard InChI is InChI=1S/C13H18FNO/c1-3-11(14)8-7-10(2)13(15)9-5-4-6-12(13)16/h3,7-8H,2,4-6,9,15H2,1H3/b8-7-,11-3+/t13-/m0/s1. The zero-order chi connectivity index (χ0) is 12.2. The summed E-state index contributed by atoms with van der Waals surface area (Å²) in [7, 11) is 0. The lowest BCUT2D eigenvalue weighted by Crippen LogP contribution is -2.50. The molecule has 1 atom stereocenters. The zero-order valence-corrected chi connectivity index (χ0v) is 9.63. The molecule has 0 aromatic rings. The van der Waals surface area contributed by atoms with Gasteiger partial charge in [-0.2, -0.15) is 0 Å². The highest BCUT2D eigenvalue weighted by Gasteiger charge is 2.37. The first-order valence-corrected chi connectivity index (χ1v) is 5.52. The highest BCUT2D eigenvalue weighted by Crippen LogP contribution is 2.29. The van der Waals surface area contributed by atoms with Gasteiger partial charge in [0, 0.05) is 6.42 Å². The summed E-state index contributed by atoms with van der Waals surface area (Å²) in [6.07, 6.45) is 7.04. The van der Waals surface area contributed by atoms with Crippen LogP contribution in [0.25, 0.3) is 0 Å². The molecule has 0 unspecified atom stereocenters. The number of allylic oxidation sites excluding steroid dienone is 3. The summed E-state index contributed by atoms with van der Waals surface area (Å²) in [5.74, 6) is -0.345. The maximum absolute atomic E-state index is 12.9. The summed E-state index contributed by atoms with van der Waals surface area (Å²) < 4.78 is 12.9. The van der Waals surface area contributed by atoms with E-state index in [1.54, 1.807) is 6.92 Å². The molecule has 1 aliphatic rings. The molecule has 1 fully saturated rings. The summed E-state index contributed by atoms with van der Waals surface area (Å²) in [6, 6.07) is 0.